The highest BCUT2D eigenvalue weighted by Crippen LogP contribution is 2.20. The van der Waals surface area contributed by atoms with Crippen LogP contribution in [0.5, 0.6) is 0 Å². The van der Waals surface area contributed by atoms with E-state index in [-0.39, 0.29) is 5.82 Å². The summed E-state index contributed by atoms with van der Waals surface area (Å²) in [7, 11) is 0. The van der Waals surface area contributed by atoms with Crippen LogP contribution in [0.4, 0.5) is 4.39 Å². The summed E-state index contributed by atoms with van der Waals surface area (Å²) < 4.78 is 13.2. The Morgan fingerprint density at radius 1 is 1.17 bits per heavy atom. The van der Waals surface area contributed by atoms with Crippen molar-refractivity contribution < 1.29 is 4.39 Å². The standard InChI is InChI=1S/C14H16FN3/c1-9-7-11(3-4-12(9)15)13-8-10(2)17-14(18-13)5-6-16/h3-4,7-8H,5-6,16H2,1-2H3. The molecule has 3 nitrogen and oxygen atoms in total. The summed E-state index contributed by atoms with van der Waals surface area (Å²) in [5.74, 6) is 0.529. The molecule has 0 bridgehead atoms. The van der Waals surface area contributed by atoms with Crippen molar-refractivity contribution in [1.29, 1.82) is 0 Å². The van der Waals surface area contributed by atoms with Crippen molar-refractivity contribution in [1.82, 2.24) is 9.97 Å². The number of hydrogen-bond acceptors (Lipinski definition) is 3. The molecule has 4 heteroatoms. The average molecular weight is 245 g/mol. The van der Waals surface area contributed by atoms with Gasteiger partial charge in [0.15, 0.2) is 0 Å². The quantitative estimate of drug-likeness (QED) is 0.903. The van der Waals surface area contributed by atoms with Gasteiger partial charge in [-0.25, -0.2) is 14.4 Å². The molecule has 0 fully saturated rings. The van der Waals surface area contributed by atoms with Gasteiger partial charge in [0.05, 0.1) is 5.69 Å². The molecule has 0 saturated carbocycles. The zero-order chi connectivity index (χ0) is 13.1. The minimum absolute atomic E-state index is 0.202. The second kappa shape index (κ2) is 5.23. The maximum atomic E-state index is 13.2. The van der Waals surface area contributed by atoms with Crippen LogP contribution in [0.15, 0.2) is 24.3 Å². The van der Waals surface area contributed by atoms with Gasteiger partial charge in [-0.1, -0.05) is 0 Å². The molecule has 1 heterocycles. The smallest absolute Gasteiger partial charge is 0.130 e. The maximum absolute atomic E-state index is 13.2. The lowest BCUT2D eigenvalue weighted by atomic mass is 10.1. The summed E-state index contributed by atoms with van der Waals surface area (Å²) in [5.41, 5.74) is 8.74. The number of nitrogens with zero attached hydrogens (tertiary/aromatic N) is 2. The Morgan fingerprint density at radius 2 is 1.94 bits per heavy atom. The van der Waals surface area contributed by atoms with Gasteiger partial charge in [0.25, 0.3) is 0 Å². The lowest BCUT2D eigenvalue weighted by molar-refractivity contribution is 0.618. The van der Waals surface area contributed by atoms with Crippen molar-refractivity contribution in [3.8, 4) is 11.3 Å². The zero-order valence-electron chi connectivity index (χ0n) is 10.6. The average Bonchev–Trinajstić information content (AvgIpc) is 2.32. The first-order valence-corrected chi connectivity index (χ1v) is 5.91. The Hall–Kier alpha value is -1.81. The number of hydrogen-bond donors (Lipinski definition) is 1. The Labute approximate surface area is 106 Å². The van der Waals surface area contributed by atoms with Gasteiger partial charge in [0.2, 0.25) is 0 Å². The topological polar surface area (TPSA) is 51.8 Å². The summed E-state index contributed by atoms with van der Waals surface area (Å²) in [6.45, 7) is 4.18. The van der Waals surface area contributed by atoms with Gasteiger partial charge < -0.3 is 5.73 Å². The predicted octanol–water partition coefficient (Wildman–Crippen LogP) is 2.40. The molecule has 0 saturated heterocycles. The van der Waals surface area contributed by atoms with Crippen LogP contribution in [0, 0.1) is 19.7 Å². The number of aryl methyl sites for hydroxylation is 2. The molecule has 18 heavy (non-hydrogen) atoms. The molecule has 1 aromatic carbocycles. The third-order valence-electron chi connectivity index (χ3n) is 2.72. The van der Waals surface area contributed by atoms with Crippen LogP contribution in [0.2, 0.25) is 0 Å². The third kappa shape index (κ3) is 2.71. The Balaban J connectivity index is 2.46. The maximum Gasteiger partial charge on any atom is 0.130 e. The Kier molecular flexibility index (Phi) is 3.67. The van der Waals surface area contributed by atoms with Gasteiger partial charge >= 0.3 is 0 Å². The fraction of sp³-hybridized carbons (Fsp3) is 0.286. The highest BCUT2D eigenvalue weighted by Gasteiger charge is 2.06. The predicted molar refractivity (Wildman–Crippen MR) is 69.7 cm³/mol. The van der Waals surface area contributed by atoms with Gasteiger partial charge in [-0.2, -0.15) is 0 Å². The largest absolute Gasteiger partial charge is 0.330 e. The molecule has 2 rings (SSSR count). The van der Waals surface area contributed by atoms with Crippen LogP contribution in [0.25, 0.3) is 11.3 Å². The number of nitrogens with two attached hydrogens (primary N) is 1. The van der Waals surface area contributed by atoms with Crippen LogP contribution >= 0.6 is 0 Å². The SMILES string of the molecule is Cc1cc(-c2ccc(F)c(C)c2)nc(CCN)n1. The number of aromatic nitrogens is 2. The van der Waals surface area contributed by atoms with E-state index in [2.05, 4.69) is 9.97 Å². The van der Waals surface area contributed by atoms with Crippen molar-refractivity contribution >= 4 is 0 Å². The first kappa shape index (κ1) is 12.6. The summed E-state index contributed by atoms with van der Waals surface area (Å²) in [4.78, 5) is 8.77. The van der Waals surface area contributed by atoms with E-state index in [1.165, 1.54) is 6.07 Å². The van der Waals surface area contributed by atoms with Crippen molar-refractivity contribution in [3.05, 3.63) is 47.2 Å². The number of halogens is 1. The monoisotopic (exact) mass is 245 g/mol. The molecule has 2 aromatic rings. The van der Waals surface area contributed by atoms with Gasteiger partial charge in [-0.05, 0) is 50.2 Å². The Bertz CT molecular complexity index is 567. The van der Waals surface area contributed by atoms with Gasteiger partial charge in [0.1, 0.15) is 11.6 Å². The normalized spacial score (nSPS) is 10.7. The molecule has 0 aliphatic carbocycles. The van der Waals surface area contributed by atoms with Crippen LogP contribution in [0.3, 0.4) is 0 Å². The van der Waals surface area contributed by atoms with E-state index in [0.717, 1.165) is 22.8 Å². The summed E-state index contributed by atoms with van der Waals surface area (Å²) in [6, 6.07) is 6.89. The summed E-state index contributed by atoms with van der Waals surface area (Å²) in [5, 5.41) is 0. The van der Waals surface area contributed by atoms with Crippen LogP contribution in [-0.4, -0.2) is 16.5 Å². The van der Waals surface area contributed by atoms with Gasteiger partial charge in [-0.3, -0.25) is 0 Å². The molecule has 0 unspecified atom stereocenters. The highest BCUT2D eigenvalue weighted by atomic mass is 19.1. The Morgan fingerprint density at radius 3 is 2.61 bits per heavy atom. The van der Waals surface area contributed by atoms with E-state index in [4.69, 9.17) is 5.73 Å². The minimum Gasteiger partial charge on any atom is -0.330 e. The summed E-state index contributed by atoms with van der Waals surface area (Å²) in [6.07, 6.45) is 0.648. The molecule has 0 radical (unpaired) electrons. The molecular weight excluding hydrogens is 229 g/mol. The van der Waals surface area contributed by atoms with E-state index in [0.29, 0.717) is 18.5 Å². The molecule has 0 aliphatic rings. The highest BCUT2D eigenvalue weighted by molar-refractivity contribution is 5.60. The van der Waals surface area contributed by atoms with Crippen molar-refractivity contribution in [2.24, 2.45) is 5.73 Å². The van der Waals surface area contributed by atoms with Crippen molar-refractivity contribution in [2.75, 3.05) is 6.54 Å². The summed E-state index contributed by atoms with van der Waals surface area (Å²) >= 11 is 0. The van der Waals surface area contributed by atoms with Crippen LogP contribution < -0.4 is 5.73 Å². The first-order valence-electron chi connectivity index (χ1n) is 5.91. The van der Waals surface area contributed by atoms with Gasteiger partial charge in [0, 0.05) is 17.7 Å². The second-order valence-corrected chi connectivity index (χ2v) is 4.31. The fourth-order valence-electron chi connectivity index (χ4n) is 1.82. The lowest BCUT2D eigenvalue weighted by Crippen LogP contribution is -2.07. The zero-order valence-corrected chi connectivity index (χ0v) is 10.6. The van der Waals surface area contributed by atoms with E-state index in [1.54, 1.807) is 19.1 Å². The number of rotatable bonds is 3. The molecule has 94 valence electrons. The molecule has 0 aliphatic heterocycles. The third-order valence-corrected chi connectivity index (χ3v) is 2.72. The fourth-order valence-corrected chi connectivity index (χ4v) is 1.82. The van der Waals surface area contributed by atoms with E-state index >= 15 is 0 Å². The number of benzene rings is 1. The molecule has 0 amide bonds. The van der Waals surface area contributed by atoms with E-state index < -0.39 is 0 Å². The minimum atomic E-state index is -0.202. The van der Waals surface area contributed by atoms with Crippen molar-refractivity contribution in [3.63, 3.8) is 0 Å². The van der Waals surface area contributed by atoms with Crippen molar-refractivity contribution in [2.45, 2.75) is 20.3 Å². The second-order valence-electron chi connectivity index (χ2n) is 4.31. The van der Waals surface area contributed by atoms with Gasteiger partial charge in [-0.15, -0.1) is 0 Å². The molecule has 0 spiro atoms. The molecule has 0 atom stereocenters. The molecule has 1 aromatic heterocycles. The van der Waals surface area contributed by atoms with E-state index in [1.807, 2.05) is 13.0 Å². The first-order chi connectivity index (χ1) is 8.60. The lowest BCUT2D eigenvalue weighted by Gasteiger charge is -2.06. The van der Waals surface area contributed by atoms with Crippen LogP contribution in [0.1, 0.15) is 17.1 Å². The molecular formula is C14H16FN3. The van der Waals surface area contributed by atoms with Crippen LogP contribution in [-0.2, 0) is 6.42 Å². The van der Waals surface area contributed by atoms with E-state index in [9.17, 15) is 4.39 Å². The molecule has 2 N–H and O–H groups in total.